The minimum atomic E-state index is -0.985. The number of halogens is 1. The van der Waals surface area contributed by atoms with Crippen LogP contribution >= 0.6 is 27.7 Å². The molecule has 0 atom stereocenters. The van der Waals surface area contributed by atoms with E-state index in [1.165, 1.54) is 23.9 Å². The van der Waals surface area contributed by atoms with Gasteiger partial charge in [0.25, 0.3) is 5.91 Å². The molecule has 0 unspecified atom stereocenters. The maximum absolute atomic E-state index is 12.6. The fourth-order valence-electron chi connectivity index (χ4n) is 3.12. The van der Waals surface area contributed by atoms with Crippen LogP contribution in [-0.4, -0.2) is 29.3 Å². The molecule has 0 radical (unpaired) electrons. The molecule has 3 aromatic carbocycles. The number of thioether (sulfide) groups is 1. The normalized spacial score (nSPS) is 15.4. The number of carbonyl (C=O) groups excluding carboxylic acids is 1. The molecule has 172 valence electrons. The van der Waals surface area contributed by atoms with Crippen molar-refractivity contribution >= 4 is 56.5 Å². The van der Waals surface area contributed by atoms with Crippen molar-refractivity contribution in [1.29, 1.82) is 0 Å². The van der Waals surface area contributed by atoms with Crippen molar-refractivity contribution in [1.82, 2.24) is 5.32 Å². The number of hydrogen-bond acceptors (Lipinski definition) is 6. The van der Waals surface area contributed by atoms with Gasteiger partial charge in [-0.05, 0) is 65.9 Å². The van der Waals surface area contributed by atoms with Crippen LogP contribution in [0.5, 0.6) is 11.5 Å². The number of aromatic carboxylic acids is 1. The summed E-state index contributed by atoms with van der Waals surface area (Å²) in [4.78, 5) is 28.6. The number of hydrogen-bond donors (Lipinski definition) is 2. The highest BCUT2D eigenvalue weighted by Crippen LogP contribution is 2.36. The first-order valence-corrected chi connectivity index (χ1v) is 11.7. The lowest BCUT2D eigenvalue weighted by Crippen LogP contribution is -2.19. The lowest BCUT2D eigenvalue weighted by atomic mass is 10.1. The van der Waals surface area contributed by atoms with Gasteiger partial charge in [0.1, 0.15) is 6.61 Å². The van der Waals surface area contributed by atoms with Gasteiger partial charge in [0.2, 0.25) is 0 Å². The van der Waals surface area contributed by atoms with Crippen LogP contribution in [-0.2, 0) is 11.4 Å². The first-order valence-electron chi connectivity index (χ1n) is 10.1. The van der Waals surface area contributed by atoms with Gasteiger partial charge in [0, 0.05) is 10.0 Å². The van der Waals surface area contributed by atoms with E-state index in [1.807, 2.05) is 36.4 Å². The first kappa shape index (κ1) is 23.6. The van der Waals surface area contributed by atoms with E-state index < -0.39 is 5.97 Å². The summed E-state index contributed by atoms with van der Waals surface area (Å²) in [5, 5.41) is 12.3. The molecule has 0 aliphatic carbocycles. The molecule has 0 saturated carbocycles. The van der Waals surface area contributed by atoms with Gasteiger partial charge in [0.05, 0.1) is 23.3 Å². The summed E-state index contributed by atoms with van der Waals surface area (Å²) in [6.45, 7) is 0.200. The molecular formula is C25H19BrN2O5S. The molecule has 0 aromatic heterocycles. The van der Waals surface area contributed by atoms with E-state index in [0.29, 0.717) is 27.1 Å². The van der Waals surface area contributed by atoms with Crippen molar-refractivity contribution in [2.45, 2.75) is 6.61 Å². The number of nitrogens with zero attached hydrogens (tertiary/aromatic N) is 1. The predicted molar refractivity (Wildman–Crippen MR) is 136 cm³/mol. The van der Waals surface area contributed by atoms with Crippen molar-refractivity contribution < 1.29 is 24.2 Å². The van der Waals surface area contributed by atoms with Gasteiger partial charge in [-0.2, -0.15) is 0 Å². The van der Waals surface area contributed by atoms with Crippen LogP contribution in [0, 0.1) is 0 Å². The van der Waals surface area contributed by atoms with E-state index in [1.54, 1.807) is 31.4 Å². The van der Waals surface area contributed by atoms with E-state index in [-0.39, 0.29) is 18.1 Å². The number of methoxy groups -OCH3 is 1. The topological polar surface area (TPSA) is 97.2 Å². The van der Waals surface area contributed by atoms with Crippen LogP contribution in [0.2, 0.25) is 0 Å². The molecule has 4 rings (SSSR count). The Morgan fingerprint density at radius 2 is 1.85 bits per heavy atom. The zero-order valence-electron chi connectivity index (χ0n) is 17.9. The SMILES string of the molecule is COc1cccc(/C=C2\SC(=Nc3ccc(Br)cc3)NC2=O)c1OCc1ccc(C(=O)O)cc1. The molecule has 1 saturated heterocycles. The molecule has 0 spiro atoms. The number of carboxylic acids is 1. The molecule has 1 heterocycles. The Hall–Kier alpha value is -3.56. The number of ether oxygens (including phenoxy) is 2. The van der Waals surface area contributed by atoms with Crippen LogP contribution in [0.4, 0.5) is 5.69 Å². The van der Waals surface area contributed by atoms with Gasteiger partial charge in [0.15, 0.2) is 16.7 Å². The molecule has 1 aliphatic heterocycles. The van der Waals surface area contributed by atoms with E-state index in [4.69, 9.17) is 14.6 Å². The minimum absolute atomic E-state index is 0.200. The van der Waals surface area contributed by atoms with Gasteiger partial charge in [-0.3, -0.25) is 4.79 Å². The largest absolute Gasteiger partial charge is 0.493 e. The van der Waals surface area contributed by atoms with Gasteiger partial charge >= 0.3 is 5.97 Å². The number of benzene rings is 3. The second kappa shape index (κ2) is 10.6. The van der Waals surface area contributed by atoms with E-state index in [2.05, 4.69) is 26.2 Å². The highest BCUT2D eigenvalue weighted by molar-refractivity contribution is 9.10. The van der Waals surface area contributed by atoms with Crippen molar-refractivity contribution in [2.24, 2.45) is 4.99 Å². The summed E-state index contributed by atoms with van der Waals surface area (Å²) >= 11 is 4.63. The third-order valence-corrected chi connectivity index (χ3v) is 6.25. The average Bonchev–Trinajstić information content (AvgIpc) is 3.18. The lowest BCUT2D eigenvalue weighted by molar-refractivity contribution is -0.115. The van der Waals surface area contributed by atoms with Crippen LogP contribution in [0.1, 0.15) is 21.5 Å². The Labute approximate surface area is 208 Å². The first-order chi connectivity index (χ1) is 16.4. The second-order valence-corrected chi connectivity index (χ2v) is 9.07. The highest BCUT2D eigenvalue weighted by Gasteiger charge is 2.25. The summed E-state index contributed by atoms with van der Waals surface area (Å²) in [5.41, 5.74) is 2.40. The standard InChI is InChI=1S/C25H19BrN2O5S/c1-32-20-4-2-3-17(22(20)33-14-15-5-7-16(8-6-15)24(30)31)13-21-23(29)28-25(34-21)27-19-11-9-18(26)10-12-19/h2-13H,14H2,1H3,(H,30,31)(H,27,28,29)/b21-13-. The molecular weight excluding hydrogens is 520 g/mol. The van der Waals surface area contributed by atoms with Gasteiger partial charge < -0.3 is 19.9 Å². The molecule has 3 aromatic rings. The molecule has 9 heteroatoms. The number of carboxylic acid groups (broad SMARTS) is 1. The number of amides is 1. The zero-order chi connectivity index (χ0) is 24.1. The van der Waals surface area contributed by atoms with Crippen LogP contribution < -0.4 is 14.8 Å². The molecule has 1 aliphatic rings. The van der Waals surface area contributed by atoms with E-state index >= 15 is 0 Å². The summed E-state index contributed by atoms with van der Waals surface area (Å²) in [6, 6.07) is 19.3. The van der Waals surface area contributed by atoms with Crippen molar-refractivity contribution in [3.8, 4) is 11.5 Å². The molecule has 34 heavy (non-hydrogen) atoms. The molecule has 7 nitrogen and oxygen atoms in total. The quantitative estimate of drug-likeness (QED) is 0.378. The number of carbonyl (C=O) groups is 2. The third-order valence-electron chi connectivity index (χ3n) is 4.81. The van der Waals surface area contributed by atoms with Crippen molar-refractivity contribution in [3.63, 3.8) is 0 Å². The van der Waals surface area contributed by atoms with Crippen LogP contribution in [0.25, 0.3) is 6.08 Å². The predicted octanol–water partition coefficient (Wildman–Crippen LogP) is 5.63. The summed E-state index contributed by atoms with van der Waals surface area (Å²) in [5.74, 6) is -0.240. The lowest BCUT2D eigenvalue weighted by Gasteiger charge is -2.14. The van der Waals surface area contributed by atoms with Crippen molar-refractivity contribution in [3.05, 3.63) is 92.8 Å². The van der Waals surface area contributed by atoms with Crippen molar-refractivity contribution in [2.75, 3.05) is 7.11 Å². The second-order valence-electron chi connectivity index (χ2n) is 7.13. The highest BCUT2D eigenvalue weighted by atomic mass is 79.9. The molecule has 0 bridgehead atoms. The maximum atomic E-state index is 12.6. The molecule has 1 fully saturated rings. The molecule has 1 amide bonds. The van der Waals surface area contributed by atoms with E-state index in [0.717, 1.165) is 15.7 Å². The van der Waals surface area contributed by atoms with Gasteiger partial charge in [-0.1, -0.05) is 40.2 Å². The fraction of sp³-hybridized carbons (Fsp3) is 0.0800. The number of amidine groups is 1. The maximum Gasteiger partial charge on any atom is 0.335 e. The van der Waals surface area contributed by atoms with Crippen LogP contribution in [0.3, 0.4) is 0 Å². The molecule has 2 N–H and O–H groups in total. The summed E-state index contributed by atoms with van der Waals surface area (Å²) in [7, 11) is 1.54. The van der Waals surface area contributed by atoms with E-state index in [9.17, 15) is 9.59 Å². The monoisotopic (exact) mass is 538 g/mol. The van der Waals surface area contributed by atoms with Gasteiger partial charge in [-0.25, -0.2) is 9.79 Å². The average molecular weight is 539 g/mol. The number of nitrogens with one attached hydrogen (secondary N) is 1. The number of aliphatic imine (C=N–C) groups is 1. The minimum Gasteiger partial charge on any atom is -0.493 e. The number of rotatable bonds is 7. The Morgan fingerprint density at radius 1 is 1.12 bits per heavy atom. The fourth-order valence-corrected chi connectivity index (χ4v) is 4.21. The Morgan fingerprint density at radius 3 is 2.53 bits per heavy atom. The zero-order valence-corrected chi connectivity index (χ0v) is 20.4. The Balaban J connectivity index is 1.56. The summed E-state index contributed by atoms with van der Waals surface area (Å²) < 4.78 is 12.4. The third kappa shape index (κ3) is 5.67. The smallest absolute Gasteiger partial charge is 0.335 e. The van der Waals surface area contributed by atoms with Crippen LogP contribution in [0.15, 0.2) is 81.1 Å². The summed E-state index contributed by atoms with van der Waals surface area (Å²) in [6.07, 6.45) is 1.73. The van der Waals surface area contributed by atoms with Gasteiger partial charge in [-0.15, -0.1) is 0 Å². The number of para-hydroxylation sites is 1. The Kier molecular flexibility index (Phi) is 7.34. The Bertz CT molecular complexity index is 1290.